The van der Waals surface area contributed by atoms with E-state index in [1.807, 2.05) is 6.07 Å². The molecule has 0 atom stereocenters. The first-order chi connectivity index (χ1) is 9.63. The topological polar surface area (TPSA) is 17.8 Å². The van der Waals surface area contributed by atoms with Crippen molar-refractivity contribution in [3.8, 4) is 0 Å². The molecule has 2 aromatic rings. The summed E-state index contributed by atoms with van der Waals surface area (Å²) in [4.78, 5) is 0. The molecule has 1 aliphatic heterocycles. The summed E-state index contributed by atoms with van der Waals surface area (Å²) >= 11 is 0. The minimum atomic E-state index is 0.504. The number of rotatable bonds is 2. The Morgan fingerprint density at radius 1 is 1.20 bits per heavy atom. The van der Waals surface area contributed by atoms with E-state index in [1.54, 1.807) is 0 Å². The second-order valence-corrected chi connectivity index (χ2v) is 5.71. The van der Waals surface area contributed by atoms with Crippen LogP contribution in [0.2, 0.25) is 0 Å². The minimum Gasteiger partial charge on any atom is -0.261 e. The summed E-state index contributed by atoms with van der Waals surface area (Å²) < 4.78 is 2.12. The van der Waals surface area contributed by atoms with Gasteiger partial charge in [0.1, 0.15) is 0 Å². The van der Waals surface area contributed by atoms with Crippen molar-refractivity contribution < 1.29 is 0 Å². The fourth-order valence-corrected chi connectivity index (χ4v) is 2.70. The first-order valence-electron chi connectivity index (χ1n) is 7.15. The average molecular weight is 264 g/mol. The summed E-state index contributed by atoms with van der Waals surface area (Å²) in [5.74, 6) is 0.504. The summed E-state index contributed by atoms with van der Waals surface area (Å²) in [6.45, 7) is 7.39. The second-order valence-electron chi connectivity index (χ2n) is 5.71. The van der Waals surface area contributed by atoms with Gasteiger partial charge in [-0.15, -0.1) is 0 Å². The number of fused-ring (bicyclic) bond motifs is 1. The average Bonchev–Trinajstić information content (AvgIpc) is 2.79. The van der Waals surface area contributed by atoms with Gasteiger partial charge in [-0.3, -0.25) is 4.68 Å². The Morgan fingerprint density at radius 2 is 1.95 bits per heavy atom. The molecule has 1 aliphatic rings. The quantitative estimate of drug-likeness (QED) is 0.789. The molecule has 0 radical (unpaired) electrons. The van der Waals surface area contributed by atoms with E-state index >= 15 is 0 Å². The molecule has 0 spiro atoms. The van der Waals surface area contributed by atoms with Gasteiger partial charge in [0.15, 0.2) is 0 Å². The molecular formula is C18H20N2. The molecule has 0 fully saturated rings. The van der Waals surface area contributed by atoms with Crippen LogP contribution in [0.4, 0.5) is 0 Å². The fourth-order valence-electron chi connectivity index (χ4n) is 2.70. The molecule has 0 saturated heterocycles. The van der Waals surface area contributed by atoms with Crippen LogP contribution in [0.25, 0.3) is 11.6 Å². The van der Waals surface area contributed by atoms with Crippen molar-refractivity contribution in [3.05, 3.63) is 65.0 Å². The predicted molar refractivity (Wildman–Crippen MR) is 84.2 cm³/mol. The molecular weight excluding hydrogens is 244 g/mol. The van der Waals surface area contributed by atoms with E-state index in [-0.39, 0.29) is 0 Å². The maximum Gasteiger partial charge on any atom is 0.0666 e. The van der Waals surface area contributed by atoms with E-state index in [2.05, 4.69) is 73.0 Å². The molecule has 0 unspecified atom stereocenters. The smallest absolute Gasteiger partial charge is 0.0666 e. The van der Waals surface area contributed by atoms with E-state index < -0.39 is 0 Å². The van der Waals surface area contributed by atoms with Crippen LogP contribution in [-0.2, 0) is 6.54 Å². The standard InChI is InChI=1S/C18H20N2/c1-13(2)17-11-16(10-15-7-5-4-6-8-15)12-20-18(17)9-14(3)19-20/h4-11,13H,12H2,1-3H3/b16-10+. The number of hydrogen-bond acceptors (Lipinski definition) is 1. The van der Waals surface area contributed by atoms with E-state index in [0.29, 0.717) is 5.92 Å². The molecule has 2 heterocycles. The van der Waals surface area contributed by atoms with Crippen molar-refractivity contribution in [3.63, 3.8) is 0 Å². The minimum absolute atomic E-state index is 0.504. The molecule has 1 aromatic heterocycles. The largest absolute Gasteiger partial charge is 0.261 e. The molecule has 0 saturated carbocycles. The van der Waals surface area contributed by atoms with Gasteiger partial charge < -0.3 is 0 Å². The van der Waals surface area contributed by atoms with Gasteiger partial charge in [-0.2, -0.15) is 5.10 Å². The van der Waals surface area contributed by atoms with Gasteiger partial charge in [0.05, 0.1) is 17.9 Å². The lowest BCUT2D eigenvalue weighted by atomic mass is 9.94. The lowest BCUT2D eigenvalue weighted by Gasteiger charge is -2.20. The van der Waals surface area contributed by atoms with Crippen molar-refractivity contribution in [2.24, 2.45) is 5.92 Å². The molecule has 0 amide bonds. The summed E-state index contributed by atoms with van der Waals surface area (Å²) in [5, 5.41) is 4.61. The fraction of sp³-hybridized carbons (Fsp3) is 0.278. The first-order valence-corrected chi connectivity index (χ1v) is 7.15. The summed E-state index contributed by atoms with van der Waals surface area (Å²) in [5.41, 5.74) is 6.29. The third kappa shape index (κ3) is 2.46. The molecule has 102 valence electrons. The van der Waals surface area contributed by atoms with Crippen LogP contribution in [-0.4, -0.2) is 9.78 Å². The highest BCUT2D eigenvalue weighted by molar-refractivity contribution is 5.72. The molecule has 2 nitrogen and oxygen atoms in total. The molecule has 0 aliphatic carbocycles. The highest BCUT2D eigenvalue weighted by atomic mass is 15.3. The van der Waals surface area contributed by atoms with Gasteiger partial charge in [0.25, 0.3) is 0 Å². The Labute approximate surface area is 120 Å². The third-order valence-corrected chi connectivity index (χ3v) is 3.64. The zero-order chi connectivity index (χ0) is 14.1. The maximum atomic E-state index is 4.61. The van der Waals surface area contributed by atoms with E-state index in [1.165, 1.54) is 22.4 Å². The zero-order valence-electron chi connectivity index (χ0n) is 12.3. The van der Waals surface area contributed by atoms with Crippen LogP contribution in [0.5, 0.6) is 0 Å². The van der Waals surface area contributed by atoms with Crippen molar-refractivity contribution in [2.45, 2.75) is 27.3 Å². The van der Waals surface area contributed by atoms with Gasteiger partial charge in [-0.05, 0) is 41.7 Å². The lowest BCUT2D eigenvalue weighted by molar-refractivity contribution is 0.651. The molecule has 1 aromatic carbocycles. The summed E-state index contributed by atoms with van der Waals surface area (Å²) in [7, 11) is 0. The van der Waals surface area contributed by atoms with Gasteiger partial charge in [0, 0.05) is 0 Å². The Kier molecular flexibility index (Phi) is 3.31. The van der Waals surface area contributed by atoms with Crippen LogP contribution in [0.3, 0.4) is 0 Å². The highest BCUT2D eigenvalue weighted by Crippen LogP contribution is 2.30. The normalized spacial score (nSPS) is 16.4. The van der Waals surface area contributed by atoms with E-state index in [9.17, 15) is 0 Å². The van der Waals surface area contributed by atoms with Crippen molar-refractivity contribution in [1.82, 2.24) is 9.78 Å². The third-order valence-electron chi connectivity index (χ3n) is 3.64. The van der Waals surface area contributed by atoms with Crippen molar-refractivity contribution in [2.75, 3.05) is 0 Å². The number of aromatic nitrogens is 2. The molecule has 0 bridgehead atoms. The van der Waals surface area contributed by atoms with Crippen LogP contribution < -0.4 is 0 Å². The number of allylic oxidation sites excluding steroid dienone is 3. The summed E-state index contributed by atoms with van der Waals surface area (Å²) in [6, 6.07) is 12.7. The first kappa shape index (κ1) is 12.9. The van der Waals surface area contributed by atoms with E-state index in [4.69, 9.17) is 0 Å². The SMILES string of the molecule is Cc1cc2n(n1)C/C(=C/c1ccccc1)C=C2C(C)C. The Morgan fingerprint density at radius 3 is 2.65 bits per heavy atom. The Bertz CT molecular complexity index is 673. The number of hydrogen-bond donors (Lipinski definition) is 0. The van der Waals surface area contributed by atoms with Gasteiger partial charge in [-0.25, -0.2) is 0 Å². The Balaban J connectivity index is 2.04. The lowest BCUT2D eigenvalue weighted by Crippen LogP contribution is -2.13. The monoisotopic (exact) mass is 264 g/mol. The number of nitrogens with zero attached hydrogens (tertiary/aromatic N) is 2. The van der Waals surface area contributed by atoms with Crippen molar-refractivity contribution in [1.29, 1.82) is 0 Å². The number of aryl methyl sites for hydroxylation is 1. The molecule has 3 rings (SSSR count). The van der Waals surface area contributed by atoms with Crippen LogP contribution >= 0.6 is 0 Å². The summed E-state index contributed by atoms with van der Waals surface area (Å²) in [6.07, 6.45) is 4.58. The maximum absolute atomic E-state index is 4.61. The van der Waals surface area contributed by atoms with Gasteiger partial charge >= 0.3 is 0 Å². The predicted octanol–water partition coefficient (Wildman–Crippen LogP) is 4.33. The van der Waals surface area contributed by atoms with Crippen LogP contribution in [0.15, 0.2) is 48.0 Å². The Hall–Kier alpha value is -2.09. The molecule has 2 heteroatoms. The molecule has 20 heavy (non-hydrogen) atoms. The zero-order valence-corrected chi connectivity index (χ0v) is 12.3. The van der Waals surface area contributed by atoms with E-state index in [0.717, 1.165) is 12.2 Å². The number of benzene rings is 1. The van der Waals surface area contributed by atoms with Gasteiger partial charge in [-0.1, -0.05) is 50.3 Å². The van der Waals surface area contributed by atoms with Gasteiger partial charge in [0.2, 0.25) is 0 Å². The second kappa shape index (κ2) is 5.12. The van der Waals surface area contributed by atoms with Crippen LogP contribution in [0, 0.1) is 12.8 Å². The highest BCUT2D eigenvalue weighted by Gasteiger charge is 2.19. The molecule has 0 N–H and O–H groups in total. The van der Waals surface area contributed by atoms with Crippen molar-refractivity contribution >= 4 is 11.6 Å². The van der Waals surface area contributed by atoms with Crippen LogP contribution in [0.1, 0.15) is 30.8 Å².